The third kappa shape index (κ3) is 8.73. The third-order valence-electron chi connectivity index (χ3n) is 3.87. The van der Waals surface area contributed by atoms with Crippen LogP contribution in [0.15, 0.2) is 12.0 Å². The van der Waals surface area contributed by atoms with E-state index in [1.165, 1.54) is 26.0 Å². The molecule has 0 saturated heterocycles. The summed E-state index contributed by atoms with van der Waals surface area (Å²) in [6.07, 6.45) is 0.0333. The number of carbonyl (C=O) groups is 2. The van der Waals surface area contributed by atoms with Gasteiger partial charge in [0.2, 0.25) is 5.91 Å². The fourth-order valence-electron chi connectivity index (χ4n) is 2.31. The summed E-state index contributed by atoms with van der Waals surface area (Å²) in [6, 6.07) is 0. The molecule has 1 N–H and O–H groups in total. The summed E-state index contributed by atoms with van der Waals surface area (Å²) in [5.74, 6) is -0.882. The van der Waals surface area contributed by atoms with Gasteiger partial charge in [0.15, 0.2) is 9.84 Å². The molecule has 0 saturated carbocycles. The molecule has 0 radical (unpaired) electrons. The Morgan fingerprint density at radius 2 is 1.92 bits per heavy atom. The molecule has 25 heavy (non-hydrogen) atoms. The first-order valence-corrected chi connectivity index (χ1v) is 10.9. The number of methoxy groups -OCH3 is 2. The number of carbonyl (C=O) groups excluding carboxylic acids is 2. The second-order valence-corrected chi connectivity index (χ2v) is 8.73. The maximum atomic E-state index is 12.4. The molecule has 146 valence electrons. The summed E-state index contributed by atoms with van der Waals surface area (Å²) in [5, 5.41) is 3.74. The maximum absolute atomic E-state index is 12.4. The van der Waals surface area contributed by atoms with Gasteiger partial charge in [-0.3, -0.25) is 9.59 Å². The zero-order valence-electron chi connectivity index (χ0n) is 15.3. The van der Waals surface area contributed by atoms with Crippen LogP contribution in [-0.2, 0) is 28.9 Å². The minimum Gasteiger partial charge on any atom is -0.469 e. The van der Waals surface area contributed by atoms with Crippen LogP contribution in [0.25, 0.3) is 0 Å². The molecule has 3 unspecified atom stereocenters. The lowest BCUT2D eigenvalue weighted by atomic mass is 9.85. The van der Waals surface area contributed by atoms with Crippen molar-refractivity contribution in [3.63, 3.8) is 0 Å². The number of amides is 1. The highest BCUT2D eigenvalue weighted by atomic mass is 32.2. The summed E-state index contributed by atoms with van der Waals surface area (Å²) in [4.78, 5) is 24.4. The van der Waals surface area contributed by atoms with E-state index in [4.69, 9.17) is 9.47 Å². The number of hydrogen-bond donors (Lipinski definition) is 1. The highest BCUT2D eigenvalue weighted by molar-refractivity contribution is 8.01. The predicted molar refractivity (Wildman–Crippen MR) is 100 cm³/mol. The lowest BCUT2D eigenvalue weighted by Crippen LogP contribution is -2.43. The van der Waals surface area contributed by atoms with E-state index in [9.17, 15) is 18.0 Å². The van der Waals surface area contributed by atoms with Gasteiger partial charge >= 0.3 is 5.97 Å². The van der Waals surface area contributed by atoms with Crippen molar-refractivity contribution in [1.82, 2.24) is 5.32 Å². The monoisotopic (exact) mass is 395 g/mol. The predicted octanol–water partition coefficient (Wildman–Crippen LogP) is 1.24. The first-order valence-electron chi connectivity index (χ1n) is 8.05. The van der Waals surface area contributed by atoms with E-state index in [0.29, 0.717) is 24.5 Å². The Labute approximate surface area is 154 Å². The lowest BCUT2D eigenvalue weighted by Gasteiger charge is -2.27. The van der Waals surface area contributed by atoms with Crippen LogP contribution >= 0.6 is 11.8 Å². The Kier molecular flexibility index (Phi) is 11.8. The molecule has 0 aromatic carbocycles. The van der Waals surface area contributed by atoms with Gasteiger partial charge < -0.3 is 14.8 Å². The van der Waals surface area contributed by atoms with Gasteiger partial charge in [-0.15, -0.1) is 0 Å². The van der Waals surface area contributed by atoms with E-state index in [2.05, 4.69) is 11.9 Å². The van der Waals surface area contributed by atoms with E-state index in [-0.39, 0.29) is 11.7 Å². The number of esters is 1. The normalized spacial score (nSPS) is 15.0. The fraction of sp³-hybridized carbons (Fsp3) is 0.750. The first kappa shape index (κ1) is 23.9. The van der Waals surface area contributed by atoms with Crippen LogP contribution in [0.2, 0.25) is 0 Å². The second kappa shape index (κ2) is 12.3. The van der Waals surface area contributed by atoms with Gasteiger partial charge in [-0.2, -0.15) is 11.8 Å². The second-order valence-electron chi connectivity index (χ2n) is 5.44. The van der Waals surface area contributed by atoms with Crippen molar-refractivity contribution in [1.29, 1.82) is 0 Å². The average molecular weight is 396 g/mol. The van der Waals surface area contributed by atoms with E-state index >= 15 is 0 Å². The van der Waals surface area contributed by atoms with Crippen molar-refractivity contribution >= 4 is 33.5 Å². The zero-order chi connectivity index (χ0) is 19.5. The number of rotatable bonds is 13. The molecule has 0 rings (SSSR count). The van der Waals surface area contributed by atoms with Crippen LogP contribution in [-0.4, -0.2) is 64.4 Å². The number of ether oxygens (including phenoxy) is 2. The van der Waals surface area contributed by atoms with Crippen molar-refractivity contribution in [3.8, 4) is 0 Å². The first-order chi connectivity index (χ1) is 11.7. The number of hydrogen-bond acceptors (Lipinski definition) is 7. The molecular weight excluding hydrogens is 366 g/mol. The molecule has 7 nitrogen and oxygen atoms in total. The van der Waals surface area contributed by atoms with Crippen LogP contribution in [0.5, 0.6) is 0 Å². The molecule has 0 aliphatic rings. The molecule has 0 fully saturated rings. The van der Waals surface area contributed by atoms with Crippen LogP contribution in [0, 0.1) is 11.8 Å². The number of nitrogens with one attached hydrogen (secondary N) is 1. The van der Waals surface area contributed by atoms with Gasteiger partial charge in [0.1, 0.15) is 0 Å². The summed E-state index contributed by atoms with van der Waals surface area (Å²) in [7, 11) is -0.413. The molecule has 0 bridgehead atoms. The maximum Gasteiger partial charge on any atom is 0.312 e. The highest BCUT2D eigenvalue weighted by Crippen LogP contribution is 2.23. The van der Waals surface area contributed by atoms with Crippen LogP contribution < -0.4 is 5.32 Å². The zero-order valence-corrected chi connectivity index (χ0v) is 17.0. The minimum absolute atomic E-state index is 0.0302. The third-order valence-corrected chi connectivity index (χ3v) is 6.40. The van der Waals surface area contributed by atoms with Crippen molar-refractivity contribution in [2.75, 3.05) is 38.0 Å². The lowest BCUT2D eigenvalue weighted by molar-refractivity contribution is -0.156. The topological polar surface area (TPSA) is 98.8 Å². The van der Waals surface area contributed by atoms with Gasteiger partial charge in [-0.1, -0.05) is 13.5 Å². The molecule has 0 aromatic rings. The quantitative estimate of drug-likeness (QED) is 0.370. The van der Waals surface area contributed by atoms with Crippen LogP contribution in [0.1, 0.15) is 20.3 Å². The SMILES string of the molecule is C=CS(=O)(=O)CCSCCNC(=O)C(CC)C(C(=O)OC)C(C)OC. The van der Waals surface area contributed by atoms with E-state index in [1.54, 1.807) is 6.92 Å². The van der Waals surface area contributed by atoms with Crippen molar-refractivity contribution in [2.45, 2.75) is 26.4 Å². The van der Waals surface area contributed by atoms with Gasteiger partial charge in [-0.05, 0) is 13.3 Å². The number of thioether (sulfide) groups is 1. The summed E-state index contributed by atoms with van der Waals surface area (Å²) < 4.78 is 32.6. The standard InChI is InChI=1S/C16H29NO6S2/c1-6-13(14(12(3)22-4)16(19)23-5)15(18)17-8-9-24-10-11-25(20,21)7-2/h7,12-14H,2,6,8-11H2,1,3-5H3,(H,17,18). The molecule has 0 heterocycles. The Bertz CT molecular complexity index is 535. The molecule has 9 heteroatoms. The molecule has 0 aromatic heterocycles. The molecule has 0 aliphatic carbocycles. The Hall–Kier alpha value is -1.06. The summed E-state index contributed by atoms with van der Waals surface area (Å²) >= 11 is 1.43. The molecule has 1 amide bonds. The van der Waals surface area contributed by atoms with Crippen molar-refractivity contribution in [3.05, 3.63) is 12.0 Å². The van der Waals surface area contributed by atoms with Gasteiger partial charge in [0.05, 0.1) is 30.8 Å². The Morgan fingerprint density at radius 1 is 1.28 bits per heavy atom. The molecule has 0 aliphatic heterocycles. The Balaban J connectivity index is 4.48. The largest absolute Gasteiger partial charge is 0.469 e. The van der Waals surface area contributed by atoms with Crippen LogP contribution in [0.4, 0.5) is 0 Å². The summed E-state index contributed by atoms with van der Waals surface area (Å²) in [5.41, 5.74) is 0. The van der Waals surface area contributed by atoms with Gasteiger partial charge in [-0.25, -0.2) is 8.42 Å². The average Bonchev–Trinajstić information content (AvgIpc) is 2.60. The molecule has 0 spiro atoms. The van der Waals surface area contributed by atoms with Gasteiger partial charge in [0, 0.05) is 30.6 Å². The molecular formula is C16H29NO6S2. The van der Waals surface area contributed by atoms with E-state index in [0.717, 1.165) is 5.41 Å². The Morgan fingerprint density at radius 3 is 2.40 bits per heavy atom. The summed E-state index contributed by atoms with van der Waals surface area (Å²) in [6.45, 7) is 7.21. The minimum atomic E-state index is -3.19. The highest BCUT2D eigenvalue weighted by Gasteiger charge is 2.37. The number of sulfone groups is 1. The van der Waals surface area contributed by atoms with Crippen LogP contribution in [0.3, 0.4) is 0 Å². The van der Waals surface area contributed by atoms with Crippen molar-refractivity contribution < 1.29 is 27.5 Å². The van der Waals surface area contributed by atoms with Crippen molar-refractivity contribution in [2.24, 2.45) is 11.8 Å². The van der Waals surface area contributed by atoms with E-state index < -0.39 is 33.7 Å². The van der Waals surface area contributed by atoms with Gasteiger partial charge in [0.25, 0.3) is 0 Å². The van der Waals surface area contributed by atoms with E-state index in [1.807, 2.05) is 6.92 Å². The fourth-order valence-corrected chi connectivity index (χ4v) is 4.32. The smallest absolute Gasteiger partial charge is 0.312 e. The molecule has 3 atom stereocenters.